The molecule has 0 aliphatic rings. The first-order valence-electron chi connectivity index (χ1n) is 7.85. The second kappa shape index (κ2) is 8.25. The van der Waals surface area contributed by atoms with Crippen molar-refractivity contribution in [2.75, 3.05) is 11.9 Å². The van der Waals surface area contributed by atoms with Crippen LogP contribution in [0.1, 0.15) is 21.6 Å². The van der Waals surface area contributed by atoms with E-state index in [-0.39, 0.29) is 11.7 Å². The smallest absolute Gasteiger partial charge is 0.270 e. The van der Waals surface area contributed by atoms with E-state index in [1.807, 2.05) is 24.3 Å². The molecule has 1 aromatic carbocycles. The summed E-state index contributed by atoms with van der Waals surface area (Å²) in [6.45, 7) is 1.13. The van der Waals surface area contributed by atoms with Crippen LogP contribution in [0.25, 0.3) is 0 Å². The predicted octanol–water partition coefficient (Wildman–Crippen LogP) is 2.83. The normalized spacial score (nSPS) is 10.4. The summed E-state index contributed by atoms with van der Waals surface area (Å²) in [6, 6.07) is 10.8. The molecule has 0 bridgehead atoms. The molecule has 3 N–H and O–H groups in total. The van der Waals surface area contributed by atoms with Crippen molar-refractivity contribution in [2.45, 2.75) is 13.0 Å². The molecule has 3 aromatic rings. The van der Waals surface area contributed by atoms with Crippen LogP contribution < -0.4 is 10.6 Å². The molecule has 0 atom stereocenters. The minimum Gasteiger partial charge on any atom is -0.508 e. The van der Waals surface area contributed by atoms with Gasteiger partial charge in [-0.05, 0) is 35.7 Å². The summed E-state index contributed by atoms with van der Waals surface area (Å²) < 4.78 is 0. The van der Waals surface area contributed by atoms with Gasteiger partial charge in [0.2, 0.25) is 0 Å². The molecular weight excluding hydrogens is 336 g/mol. The first-order valence-corrected chi connectivity index (χ1v) is 8.73. The lowest BCUT2D eigenvalue weighted by Crippen LogP contribution is -2.26. The number of rotatable bonds is 7. The third kappa shape index (κ3) is 5.02. The Kier molecular flexibility index (Phi) is 5.58. The molecule has 25 heavy (non-hydrogen) atoms. The maximum Gasteiger partial charge on any atom is 0.270 e. The molecular formula is C18H18N4O2S. The Hall–Kier alpha value is -2.93. The number of phenols is 1. The van der Waals surface area contributed by atoms with E-state index >= 15 is 0 Å². The molecule has 0 aliphatic heterocycles. The number of aromatic hydroxyl groups is 1. The Balaban J connectivity index is 1.46. The van der Waals surface area contributed by atoms with Gasteiger partial charge in [0, 0.05) is 30.9 Å². The van der Waals surface area contributed by atoms with Gasteiger partial charge >= 0.3 is 0 Å². The Morgan fingerprint density at radius 1 is 1.16 bits per heavy atom. The molecule has 1 amide bonds. The van der Waals surface area contributed by atoms with E-state index in [4.69, 9.17) is 0 Å². The van der Waals surface area contributed by atoms with Crippen LogP contribution in [0.5, 0.6) is 5.75 Å². The number of hydrogen-bond donors (Lipinski definition) is 3. The molecule has 0 spiro atoms. The van der Waals surface area contributed by atoms with Gasteiger partial charge in [0.15, 0.2) is 5.13 Å². The van der Waals surface area contributed by atoms with Crippen LogP contribution in [0.4, 0.5) is 5.13 Å². The molecule has 0 saturated heterocycles. The number of amides is 1. The molecule has 6 nitrogen and oxygen atoms in total. The Morgan fingerprint density at radius 3 is 2.76 bits per heavy atom. The maximum absolute atomic E-state index is 12.1. The maximum atomic E-state index is 12.1. The van der Waals surface area contributed by atoms with Crippen molar-refractivity contribution in [1.29, 1.82) is 0 Å². The highest BCUT2D eigenvalue weighted by molar-refractivity contribution is 7.13. The average Bonchev–Trinajstić information content (AvgIpc) is 3.12. The number of pyridine rings is 1. The Bertz CT molecular complexity index is 819. The van der Waals surface area contributed by atoms with E-state index in [9.17, 15) is 9.90 Å². The van der Waals surface area contributed by atoms with Crippen molar-refractivity contribution in [2.24, 2.45) is 0 Å². The van der Waals surface area contributed by atoms with Gasteiger partial charge in [-0.25, -0.2) is 4.98 Å². The molecule has 0 radical (unpaired) electrons. The lowest BCUT2D eigenvalue weighted by atomic mass is 10.1. The number of thiazole rings is 1. The van der Waals surface area contributed by atoms with Gasteiger partial charge in [0.1, 0.15) is 11.4 Å². The summed E-state index contributed by atoms with van der Waals surface area (Å²) in [6.07, 6.45) is 4.22. The number of nitrogens with one attached hydrogen (secondary N) is 2. The second-order valence-corrected chi connectivity index (χ2v) is 6.28. The highest BCUT2D eigenvalue weighted by Gasteiger charge is 2.10. The van der Waals surface area contributed by atoms with Gasteiger partial charge in [-0.1, -0.05) is 18.2 Å². The first kappa shape index (κ1) is 16.9. The number of carbonyl (C=O) groups is 1. The van der Waals surface area contributed by atoms with E-state index in [0.29, 0.717) is 30.3 Å². The predicted molar refractivity (Wildman–Crippen MR) is 97.8 cm³/mol. The number of nitrogens with zero attached hydrogens (tertiary/aromatic N) is 2. The standard InChI is InChI=1S/C18H18N4O2S/c23-15-5-3-13(4-6-15)7-9-20-17(24)16-12-25-18(22-16)21-11-14-2-1-8-19-10-14/h1-6,8,10,12,23H,7,9,11H2,(H,20,24)(H,21,22). The van der Waals surface area contributed by atoms with Gasteiger partial charge < -0.3 is 15.7 Å². The molecule has 128 valence electrons. The van der Waals surface area contributed by atoms with Gasteiger partial charge in [-0.3, -0.25) is 9.78 Å². The van der Waals surface area contributed by atoms with Crippen molar-refractivity contribution >= 4 is 22.4 Å². The largest absolute Gasteiger partial charge is 0.508 e. The van der Waals surface area contributed by atoms with Crippen LogP contribution in [-0.2, 0) is 13.0 Å². The van der Waals surface area contributed by atoms with E-state index in [1.165, 1.54) is 11.3 Å². The number of carbonyl (C=O) groups excluding carboxylic acids is 1. The molecule has 2 aromatic heterocycles. The lowest BCUT2D eigenvalue weighted by Gasteiger charge is -2.04. The second-order valence-electron chi connectivity index (χ2n) is 5.43. The summed E-state index contributed by atoms with van der Waals surface area (Å²) in [5.41, 5.74) is 2.51. The van der Waals surface area contributed by atoms with Crippen LogP contribution in [0, 0.1) is 0 Å². The first-order chi connectivity index (χ1) is 12.2. The van der Waals surface area contributed by atoms with Crippen molar-refractivity contribution in [3.63, 3.8) is 0 Å². The molecule has 0 aliphatic carbocycles. The van der Waals surface area contributed by atoms with Crippen molar-refractivity contribution < 1.29 is 9.90 Å². The average molecular weight is 354 g/mol. The summed E-state index contributed by atoms with van der Waals surface area (Å²) in [5, 5.41) is 17.7. The van der Waals surface area contributed by atoms with E-state index in [0.717, 1.165) is 11.1 Å². The molecule has 3 rings (SSSR count). The molecule has 2 heterocycles. The van der Waals surface area contributed by atoms with E-state index in [2.05, 4.69) is 20.6 Å². The third-order valence-electron chi connectivity index (χ3n) is 3.54. The number of phenolic OH excluding ortho intramolecular Hbond substituents is 1. The van der Waals surface area contributed by atoms with Crippen LogP contribution in [0.2, 0.25) is 0 Å². The topological polar surface area (TPSA) is 87.1 Å². The molecule has 0 unspecified atom stereocenters. The highest BCUT2D eigenvalue weighted by atomic mass is 32.1. The minimum absolute atomic E-state index is 0.190. The fourth-order valence-electron chi connectivity index (χ4n) is 2.21. The number of benzene rings is 1. The van der Waals surface area contributed by atoms with Crippen molar-refractivity contribution in [1.82, 2.24) is 15.3 Å². The SMILES string of the molecule is O=C(NCCc1ccc(O)cc1)c1csc(NCc2cccnc2)n1. The molecule has 0 saturated carbocycles. The summed E-state index contributed by atoms with van der Waals surface area (Å²) in [4.78, 5) is 20.5. The van der Waals surface area contributed by atoms with Crippen LogP contribution in [0.15, 0.2) is 54.2 Å². The Labute approximate surface area is 149 Å². The zero-order chi connectivity index (χ0) is 17.5. The number of aromatic nitrogens is 2. The zero-order valence-corrected chi connectivity index (χ0v) is 14.3. The molecule has 7 heteroatoms. The van der Waals surface area contributed by atoms with Crippen LogP contribution in [0.3, 0.4) is 0 Å². The third-order valence-corrected chi connectivity index (χ3v) is 4.34. The quantitative estimate of drug-likeness (QED) is 0.607. The van der Waals surface area contributed by atoms with Gasteiger partial charge in [0.05, 0.1) is 0 Å². The number of hydrogen-bond acceptors (Lipinski definition) is 6. The number of anilines is 1. The zero-order valence-electron chi connectivity index (χ0n) is 13.5. The van der Waals surface area contributed by atoms with Crippen molar-refractivity contribution in [3.8, 4) is 5.75 Å². The van der Waals surface area contributed by atoms with Crippen LogP contribution in [-0.4, -0.2) is 27.5 Å². The van der Waals surface area contributed by atoms with Gasteiger partial charge in [0.25, 0.3) is 5.91 Å². The molecule has 0 fully saturated rings. The fourth-order valence-corrected chi connectivity index (χ4v) is 2.90. The minimum atomic E-state index is -0.190. The Morgan fingerprint density at radius 2 is 2.00 bits per heavy atom. The van der Waals surface area contributed by atoms with Gasteiger partial charge in [-0.15, -0.1) is 11.3 Å². The van der Waals surface area contributed by atoms with Crippen LogP contribution >= 0.6 is 11.3 Å². The summed E-state index contributed by atoms with van der Waals surface area (Å²) in [7, 11) is 0. The highest BCUT2D eigenvalue weighted by Crippen LogP contribution is 2.16. The van der Waals surface area contributed by atoms with Gasteiger partial charge in [-0.2, -0.15) is 0 Å². The summed E-state index contributed by atoms with van der Waals surface area (Å²) in [5.74, 6) is 0.0472. The van der Waals surface area contributed by atoms with Crippen molar-refractivity contribution in [3.05, 3.63) is 71.0 Å². The lowest BCUT2D eigenvalue weighted by molar-refractivity contribution is 0.0950. The monoisotopic (exact) mass is 354 g/mol. The summed E-state index contributed by atoms with van der Waals surface area (Å²) >= 11 is 1.40. The van der Waals surface area contributed by atoms with E-state index < -0.39 is 0 Å². The van der Waals surface area contributed by atoms with E-state index in [1.54, 1.807) is 29.9 Å². The fraction of sp³-hybridized carbons (Fsp3) is 0.167.